The molecule has 3 atom stereocenters. The number of amides is 2. The maximum Gasteiger partial charge on any atom is 0.413 e. The van der Waals surface area contributed by atoms with E-state index < -0.39 is 48.7 Å². The first kappa shape index (κ1) is 30.0. The van der Waals surface area contributed by atoms with Crippen molar-refractivity contribution in [1.29, 1.82) is 5.26 Å². The normalized spacial score (nSPS) is 25.0. The maximum absolute atomic E-state index is 15.6. The Hall–Kier alpha value is -3.92. The molecule has 0 fully saturated rings. The number of nitriles is 1. The van der Waals surface area contributed by atoms with Gasteiger partial charge >= 0.3 is 6.09 Å². The van der Waals surface area contributed by atoms with Gasteiger partial charge in [-0.05, 0) is 85.1 Å². The third-order valence-electron chi connectivity index (χ3n) is 7.17. The van der Waals surface area contributed by atoms with Crippen molar-refractivity contribution in [2.45, 2.75) is 82.4 Å². The zero-order valence-corrected chi connectivity index (χ0v) is 25.0. The number of ether oxygens (including phenoxy) is 1. The highest BCUT2D eigenvalue weighted by atomic mass is 32.2. The van der Waals surface area contributed by atoms with E-state index in [9.17, 15) is 13.8 Å². The number of aryl methyl sites for hydroxylation is 1. The third kappa shape index (κ3) is 5.53. The predicted molar refractivity (Wildman–Crippen MR) is 153 cm³/mol. The highest BCUT2D eigenvalue weighted by Crippen LogP contribution is 2.47. The zero-order valence-electron chi connectivity index (χ0n) is 24.2. The van der Waals surface area contributed by atoms with Gasteiger partial charge < -0.3 is 10.1 Å². The van der Waals surface area contributed by atoms with E-state index in [4.69, 9.17) is 15.0 Å². The van der Waals surface area contributed by atoms with E-state index in [0.29, 0.717) is 30.5 Å². The molecule has 2 aromatic heterocycles. The first-order chi connectivity index (χ1) is 19.0. The minimum atomic E-state index is -3.12. The number of rotatable bonds is 3. The van der Waals surface area contributed by atoms with Crippen molar-refractivity contribution in [1.82, 2.24) is 15.3 Å². The Bertz CT molecular complexity index is 1620. The van der Waals surface area contributed by atoms with Crippen LogP contribution in [-0.2, 0) is 20.0 Å². The Balaban J connectivity index is 1.80. The highest BCUT2D eigenvalue weighted by Gasteiger charge is 2.57. The summed E-state index contributed by atoms with van der Waals surface area (Å²) in [5.74, 6) is -1.24. The van der Waals surface area contributed by atoms with Crippen LogP contribution in [0.1, 0.15) is 81.7 Å². The molecule has 2 amide bonds. The lowest BCUT2D eigenvalue weighted by Gasteiger charge is -2.48. The summed E-state index contributed by atoms with van der Waals surface area (Å²) < 4.78 is 39.0. The summed E-state index contributed by atoms with van der Waals surface area (Å²) in [7, 11) is -3.12. The van der Waals surface area contributed by atoms with Crippen LogP contribution < -0.4 is 10.6 Å². The van der Waals surface area contributed by atoms with Crippen molar-refractivity contribution in [3.63, 3.8) is 0 Å². The number of carbonyl (C=O) groups is 2. The molecule has 4 heterocycles. The van der Waals surface area contributed by atoms with Crippen molar-refractivity contribution in [2.24, 2.45) is 9.36 Å². The van der Waals surface area contributed by atoms with E-state index in [2.05, 4.69) is 25.0 Å². The lowest BCUT2D eigenvalue weighted by molar-refractivity contribution is 0.0560. The molecule has 0 saturated carbocycles. The maximum atomic E-state index is 15.6. The molecule has 41 heavy (non-hydrogen) atoms. The zero-order chi connectivity index (χ0) is 30.4. The molecular weight excluding hydrogens is 549 g/mol. The second-order valence-electron chi connectivity index (χ2n) is 11.8. The van der Waals surface area contributed by atoms with Crippen molar-refractivity contribution < 1.29 is 22.9 Å². The molecule has 0 saturated heterocycles. The summed E-state index contributed by atoms with van der Waals surface area (Å²) in [6, 6.07) is 5.96. The van der Waals surface area contributed by atoms with Gasteiger partial charge in [-0.2, -0.15) is 5.26 Å². The Morgan fingerprint density at radius 1 is 1.22 bits per heavy atom. The number of aromatic nitrogens is 2. The molecule has 11 nitrogen and oxygen atoms in total. The van der Waals surface area contributed by atoms with Crippen LogP contribution >= 0.6 is 0 Å². The fourth-order valence-electron chi connectivity index (χ4n) is 5.11. The predicted octanol–water partition coefficient (Wildman–Crippen LogP) is 4.61. The van der Waals surface area contributed by atoms with Gasteiger partial charge in [0.15, 0.2) is 0 Å². The van der Waals surface area contributed by atoms with E-state index in [-0.39, 0.29) is 23.0 Å². The Morgan fingerprint density at radius 2 is 1.93 bits per heavy atom. The highest BCUT2D eigenvalue weighted by molar-refractivity contribution is 7.96. The van der Waals surface area contributed by atoms with Gasteiger partial charge in [0.1, 0.15) is 50.8 Å². The number of carbonyl (C=O) groups excluding carboxylic acids is 2. The Morgan fingerprint density at radius 3 is 2.56 bits per heavy atom. The quantitative estimate of drug-likeness (QED) is 0.534. The monoisotopic (exact) mass is 583 g/mol. The SMILES string of the molecule is Cc1cc(C#N)cnc1C(=O)Nc1ccc(F)c([C@@]2(C)N=C(NC(=O)OC(C)(C)C)C(C)(C)[S@]3(=O)=NCCC[C@H]23)n1. The molecule has 2 aliphatic rings. The van der Waals surface area contributed by atoms with Gasteiger partial charge in [-0.15, -0.1) is 0 Å². The van der Waals surface area contributed by atoms with Crippen molar-refractivity contribution in [2.75, 3.05) is 11.9 Å². The minimum Gasteiger partial charge on any atom is -0.444 e. The summed E-state index contributed by atoms with van der Waals surface area (Å²) in [6.07, 6.45) is 1.56. The summed E-state index contributed by atoms with van der Waals surface area (Å²) in [5.41, 5.74) is -1.57. The molecule has 2 aliphatic heterocycles. The van der Waals surface area contributed by atoms with Crippen LogP contribution in [0, 0.1) is 24.1 Å². The van der Waals surface area contributed by atoms with Crippen molar-refractivity contribution in [3.05, 3.63) is 52.7 Å². The number of nitrogens with one attached hydrogen (secondary N) is 2. The first-order valence-electron chi connectivity index (χ1n) is 13.2. The van der Waals surface area contributed by atoms with Crippen LogP contribution in [0.5, 0.6) is 0 Å². The fourth-order valence-corrected chi connectivity index (χ4v) is 8.37. The summed E-state index contributed by atoms with van der Waals surface area (Å²) in [5, 5.41) is 13.6. The van der Waals surface area contributed by atoms with Gasteiger partial charge in [0, 0.05) is 12.7 Å². The molecule has 0 unspecified atom stereocenters. The van der Waals surface area contributed by atoms with Gasteiger partial charge in [0.2, 0.25) is 0 Å². The fraction of sp³-hybridized carbons (Fsp3) is 0.500. The molecule has 13 heteroatoms. The molecule has 4 rings (SSSR count). The van der Waals surface area contributed by atoms with E-state index in [0.717, 1.165) is 6.07 Å². The number of anilines is 1. The van der Waals surface area contributed by atoms with Crippen LogP contribution in [0.4, 0.5) is 15.0 Å². The number of halogens is 1. The lowest BCUT2D eigenvalue weighted by Crippen LogP contribution is -2.62. The van der Waals surface area contributed by atoms with Gasteiger partial charge in [-0.1, -0.05) is 0 Å². The van der Waals surface area contributed by atoms with Gasteiger partial charge in [-0.25, -0.2) is 27.7 Å². The molecule has 2 N–H and O–H groups in total. The van der Waals surface area contributed by atoms with Crippen LogP contribution in [0.2, 0.25) is 0 Å². The number of nitrogens with zero attached hydrogens (tertiary/aromatic N) is 5. The Kier molecular flexibility index (Phi) is 7.68. The lowest BCUT2D eigenvalue weighted by atomic mass is 9.89. The number of amidine groups is 1. The number of fused-ring (bicyclic) bond motifs is 1. The third-order valence-corrected chi connectivity index (χ3v) is 10.9. The molecule has 0 bridgehead atoms. The summed E-state index contributed by atoms with van der Waals surface area (Å²) in [4.78, 5) is 39.1. The standard InChI is InChI=1S/C28H34FN7O4S/c1-16-13-17(14-30)15-31-21(16)23(37)34-20-11-10-18(29)22(33-20)28(7)19-9-8-12-32-41(19,39)27(5,6)24(36-28)35-25(38)40-26(2,3)4/h10-11,13,15,19H,8-9,12H2,1-7H3,(H,33,34,37)(H,35,36,38)/t19-,28+,41+/m1/s1. The first-order valence-corrected chi connectivity index (χ1v) is 14.8. The molecule has 0 aromatic carbocycles. The number of aliphatic imine (C=N–C) groups is 1. The minimum absolute atomic E-state index is 0.0270. The number of hydrogen-bond donors (Lipinski definition) is 2. The molecule has 0 spiro atoms. The number of hydrogen-bond acceptors (Lipinski definition) is 9. The average Bonchev–Trinajstić information content (AvgIpc) is 2.87. The van der Waals surface area contributed by atoms with Crippen LogP contribution in [0.25, 0.3) is 0 Å². The topological polar surface area (TPSA) is 159 Å². The summed E-state index contributed by atoms with van der Waals surface area (Å²) >= 11 is 0. The molecular formula is C28H34FN7O4S. The second kappa shape index (κ2) is 10.5. The van der Waals surface area contributed by atoms with E-state index in [1.807, 2.05) is 6.07 Å². The van der Waals surface area contributed by atoms with E-state index in [1.54, 1.807) is 48.5 Å². The number of alkyl carbamates (subject to hydrolysis) is 1. The van der Waals surface area contributed by atoms with Crippen LogP contribution in [0.3, 0.4) is 0 Å². The smallest absolute Gasteiger partial charge is 0.413 e. The largest absolute Gasteiger partial charge is 0.444 e. The van der Waals surface area contributed by atoms with Gasteiger partial charge in [0.05, 0.1) is 20.5 Å². The van der Waals surface area contributed by atoms with E-state index >= 15 is 4.39 Å². The molecule has 218 valence electrons. The van der Waals surface area contributed by atoms with Crippen LogP contribution in [0.15, 0.2) is 33.8 Å². The second-order valence-corrected chi connectivity index (χ2v) is 14.8. The Labute approximate surface area is 239 Å². The molecule has 0 aliphatic carbocycles. The average molecular weight is 584 g/mol. The van der Waals surface area contributed by atoms with Crippen molar-refractivity contribution in [3.8, 4) is 6.07 Å². The summed E-state index contributed by atoms with van der Waals surface area (Å²) in [6.45, 7) is 12.2. The van der Waals surface area contributed by atoms with Gasteiger partial charge in [-0.3, -0.25) is 15.1 Å². The van der Waals surface area contributed by atoms with Crippen LogP contribution in [-0.4, -0.2) is 54.2 Å². The van der Waals surface area contributed by atoms with Gasteiger partial charge in [0.25, 0.3) is 5.91 Å². The molecule has 0 radical (unpaired) electrons. The van der Waals surface area contributed by atoms with Crippen molar-refractivity contribution >= 4 is 33.4 Å². The molecule has 2 aromatic rings. The number of pyridine rings is 2. The van der Waals surface area contributed by atoms with E-state index in [1.165, 1.54) is 18.3 Å².